The number of imidazole rings is 1. The minimum atomic E-state index is -1.50. The van der Waals surface area contributed by atoms with Crippen molar-refractivity contribution in [2.75, 3.05) is 13.7 Å². The molecule has 0 aliphatic heterocycles. The minimum absolute atomic E-state index is 0.301. The zero-order valence-corrected chi connectivity index (χ0v) is 11.9. The molecule has 0 spiro atoms. The van der Waals surface area contributed by atoms with Crippen molar-refractivity contribution in [2.45, 2.75) is 32.2 Å². The third kappa shape index (κ3) is 3.13. The van der Waals surface area contributed by atoms with Crippen LogP contribution in [0, 0.1) is 0 Å². The smallest absolute Gasteiger partial charge is 0.366 e. The molecule has 1 unspecified atom stereocenters. The van der Waals surface area contributed by atoms with Gasteiger partial charge in [0.15, 0.2) is 0 Å². The summed E-state index contributed by atoms with van der Waals surface area (Å²) in [7, 11) is 3.06. The van der Waals surface area contributed by atoms with E-state index in [1.165, 1.54) is 18.6 Å². The predicted octanol–water partition coefficient (Wildman–Crippen LogP) is 0.544. The summed E-state index contributed by atoms with van der Waals surface area (Å²) in [6, 6.07) is 0. The first-order valence-corrected chi connectivity index (χ1v) is 6.26. The first-order valence-electron chi connectivity index (χ1n) is 6.26. The predicted molar refractivity (Wildman–Crippen MR) is 67.1 cm³/mol. The molecule has 0 radical (unpaired) electrons. The van der Waals surface area contributed by atoms with Crippen LogP contribution in [0.3, 0.4) is 0 Å². The summed E-state index contributed by atoms with van der Waals surface area (Å²) >= 11 is 0. The molecule has 0 aliphatic carbocycles. The first kappa shape index (κ1) is 15.2. The molecular weight excluding hydrogens is 248 g/mol. The summed E-state index contributed by atoms with van der Waals surface area (Å²) in [6.45, 7) is 3.79. The monoisotopic (exact) mass is 269 g/mol. The number of ether oxygens (including phenoxy) is 2. The molecule has 6 heteroatoms. The molecule has 1 heterocycles. The average Bonchev–Trinajstić information content (AvgIpc) is 2.84. The number of nitrogens with zero attached hydrogens (tertiary/aromatic N) is 2. The van der Waals surface area contributed by atoms with Crippen LogP contribution in [0.5, 0.6) is 0 Å². The van der Waals surface area contributed by atoms with Crippen molar-refractivity contribution in [1.29, 1.82) is 0 Å². The number of hydrogen-bond acceptors (Lipinski definition) is 4. The Morgan fingerprint density at radius 3 is 2.53 bits per heavy atom. The van der Waals surface area contributed by atoms with Gasteiger partial charge in [-0.1, -0.05) is 13.3 Å². The van der Waals surface area contributed by atoms with E-state index in [2.05, 4.69) is 0 Å². The molecule has 0 amide bonds. The molecule has 1 aromatic rings. The van der Waals surface area contributed by atoms with Crippen LogP contribution in [0.25, 0.3) is 0 Å². The Morgan fingerprint density at radius 2 is 2.05 bits per heavy atom. The van der Waals surface area contributed by atoms with Gasteiger partial charge in [0.2, 0.25) is 6.33 Å². The van der Waals surface area contributed by atoms with E-state index in [4.69, 9.17) is 9.47 Å². The molecular formula is C13H21N2O4+. The topological polar surface area (TPSA) is 61.4 Å². The molecule has 0 saturated carbocycles. The van der Waals surface area contributed by atoms with Gasteiger partial charge in [0, 0.05) is 6.92 Å². The number of methoxy groups -OCH3 is 1. The number of carbonyl (C=O) groups excluding carboxylic acids is 2. The molecule has 0 saturated heterocycles. The molecule has 0 N–H and O–H groups in total. The molecule has 0 fully saturated rings. The summed E-state index contributed by atoms with van der Waals surface area (Å²) in [6.07, 6.45) is 6.69. The molecule has 1 rings (SSSR count). The third-order valence-corrected chi connectivity index (χ3v) is 3.00. The second kappa shape index (κ2) is 6.36. The van der Waals surface area contributed by atoms with Crippen LogP contribution in [-0.2, 0) is 31.6 Å². The van der Waals surface area contributed by atoms with E-state index in [-0.39, 0.29) is 0 Å². The highest BCUT2D eigenvalue weighted by Gasteiger charge is 2.50. The number of unbranched alkanes of at least 4 members (excludes halogenated alkanes) is 1. The number of carbonyl (C=O) groups is 2. The lowest BCUT2D eigenvalue weighted by atomic mass is 10.0. The Hall–Kier alpha value is -1.85. The number of aryl methyl sites for hydroxylation is 1. The van der Waals surface area contributed by atoms with Crippen LogP contribution in [0.4, 0.5) is 0 Å². The normalized spacial score (nSPS) is 13.7. The van der Waals surface area contributed by atoms with Crippen molar-refractivity contribution < 1.29 is 23.6 Å². The number of esters is 2. The maximum atomic E-state index is 12.2. The van der Waals surface area contributed by atoms with Gasteiger partial charge in [0.1, 0.15) is 12.4 Å². The minimum Gasteiger partial charge on any atom is -0.465 e. The summed E-state index contributed by atoms with van der Waals surface area (Å²) in [5.74, 6) is -1.26. The first-order chi connectivity index (χ1) is 8.96. The molecule has 0 aromatic carbocycles. The Balaban J connectivity index is 3.00. The zero-order valence-electron chi connectivity index (χ0n) is 11.9. The quantitative estimate of drug-likeness (QED) is 0.327. The van der Waals surface area contributed by atoms with Gasteiger partial charge in [-0.2, -0.15) is 0 Å². The Labute approximate surface area is 112 Å². The van der Waals surface area contributed by atoms with E-state index in [1.807, 2.05) is 6.92 Å². The van der Waals surface area contributed by atoms with Crippen molar-refractivity contribution in [3.8, 4) is 0 Å². The molecule has 106 valence electrons. The number of hydrogen-bond donors (Lipinski definition) is 0. The lowest BCUT2D eigenvalue weighted by molar-refractivity contribution is -0.671. The maximum absolute atomic E-state index is 12.2. The summed E-state index contributed by atoms with van der Waals surface area (Å²) in [5.41, 5.74) is -1.50. The summed E-state index contributed by atoms with van der Waals surface area (Å²) in [4.78, 5) is 24.2. The van der Waals surface area contributed by atoms with Crippen LogP contribution in [0.15, 0.2) is 18.7 Å². The Kier molecular flexibility index (Phi) is 5.09. The zero-order chi connectivity index (χ0) is 14.5. The van der Waals surface area contributed by atoms with Crippen LogP contribution >= 0.6 is 0 Å². The van der Waals surface area contributed by atoms with Gasteiger partial charge in [-0.15, -0.1) is 0 Å². The van der Waals surface area contributed by atoms with Crippen molar-refractivity contribution >= 4 is 11.9 Å². The number of aromatic nitrogens is 2. The average molecular weight is 269 g/mol. The van der Waals surface area contributed by atoms with Crippen LogP contribution in [0.1, 0.15) is 26.7 Å². The molecule has 6 nitrogen and oxygen atoms in total. The lowest BCUT2D eigenvalue weighted by Crippen LogP contribution is -2.48. The van der Waals surface area contributed by atoms with E-state index < -0.39 is 17.5 Å². The van der Waals surface area contributed by atoms with Gasteiger partial charge >= 0.3 is 17.5 Å². The Morgan fingerprint density at radius 1 is 1.37 bits per heavy atom. The standard InChI is InChI=1S/C13H21N2O4/c1-5-6-9-19-12(17)13(2,11(16)18-4)15-8-7-14(3)10-15/h7-8,10H,5-6,9H2,1-4H3/q+1. The second-order valence-electron chi connectivity index (χ2n) is 4.54. The number of rotatable bonds is 6. The van der Waals surface area contributed by atoms with Gasteiger partial charge < -0.3 is 9.47 Å². The van der Waals surface area contributed by atoms with Gasteiger partial charge in [-0.3, -0.25) is 0 Å². The van der Waals surface area contributed by atoms with Gasteiger partial charge in [-0.05, 0) is 6.42 Å². The van der Waals surface area contributed by atoms with E-state index in [0.29, 0.717) is 6.61 Å². The fourth-order valence-corrected chi connectivity index (χ4v) is 1.66. The highest BCUT2D eigenvalue weighted by atomic mass is 16.6. The molecule has 1 aromatic heterocycles. The molecule has 0 aliphatic rings. The van der Waals surface area contributed by atoms with Crippen molar-refractivity contribution in [3.63, 3.8) is 0 Å². The van der Waals surface area contributed by atoms with Crippen LogP contribution < -0.4 is 4.57 Å². The maximum Gasteiger partial charge on any atom is 0.366 e. The Bertz CT molecular complexity index is 455. The van der Waals surface area contributed by atoms with Crippen LogP contribution in [-0.4, -0.2) is 30.2 Å². The highest BCUT2D eigenvalue weighted by molar-refractivity contribution is 6.01. The molecule has 0 bridgehead atoms. The fourth-order valence-electron chi connectivity index (χ4n) is 1.66. The summed E-state index contributed by atoms with van der Waals surface area (Å²) < 4.78 is 13.1. The fraction of sp³-hybridized carbons (Fsp3) is 0.615. The van der Waals surface area contributed by atoms with Crippen molar-refractivity contribution in [1.82, 2.24) is 4.57 Å². The molecule has 1 atom stereocenters. The van der Waals surface area contributed by atoms with Gasteiger partial charge in [0.25, 0.3) is 0 Å². The van der Waals surface area contributed by atoms with Crippen molar-refractivity contribution in [2.24, 2.45) is 7.05 Å². The lowest BCUT2D eigenvalue weighted by Gasteiger charge is -2.21. The SMILES string of the molecule is CCCCOC(=O)C(C)(C(=O)OC)n1cc[n+](C)c1. The van der Waals surface area contributed by atoms with E-state index >= 15 is 0 Å². The van der Waals surface area contributed by atoms with E-state index in [9.17, 15) is 9.59 Å². The second-order valence-corrected chi connectivity index (χ2v) is 4.54. The van der Waals surface area contributed by atoms with E-state index in [0.717, 1.165) is 12.8 Å². The largest absolute Gasteiger partial charge is 0.465 e. The molecule has 19 heavy (non-hydrogen) atoms. The van der Waals surface area contributed by atoms with E-state index in [1.54, 1.807) is 30.3 Å². The van der Waals surface area contributed by atoms with Gasteiger partial charge in [0.05, 0.1) is 20.8 Å². The van der Waals surface area contributed by atoms with Gasteiger partial charge in [-0.25, -0.2) is 18.7 Å². The van der Waals surface area contributed by atoms with Crippen molar-refractivity contribution in [3.05, 3.63) is 18.7 Å². The third-order valence-electron chi connectivity index (χ3n) is 3.00. The highest BCUT2D eigenvalue weighted by Crippen LogP contribution is 2.19. The summed E-state index contributed by atoms with van der Waals surface area (Å²) in [5, 5.41) is 0. The van der Waals surface area contributed by atoms with Crippen LogP contribution in [0.2, 0.25) is 0 Å².